The summed E-state index contributed by atoms with van der Waals surface area (Å²) in [7, 11) is 0. The van der Waals surface area contributed by atoms with Crippen molar-refractivity contribution in [3.63, 3.8) is 0 Å². The Bertz CT molecular complexity index is 469. The molecule has 0 radical (unpaired) electrons. The van der Waals surface area contributed by atoms with Gasteiger partial charge in [0.25, 0.3) is 0 Å². The molecule has 1 aromatic rings. The molecule has 1 aromatic carbocycles. The Hall–Kier alpha value is -1.86. The van der Waals surface area contributed by atoms with Crippen molar-refractivity contribution in [2.24, 2.45) is 5.92 Å². The minimum absolute atomic E-state index is 0.00548. The van der Waals surface area contributed by atoms with Crippen LogP contribution in [0.5, 0.6) is 0 Å². The molecule has 0 aromatic heterocycles. The van der Waals surface area contributed by atoms with E-state index in [1.807, 2.05) is 19.1 Å². The van der Waals surface area contributed by atoms with Crippen molar-refractivity contribution in [2.45, 2.75) is 32.5 Å². The highest BCUT2D eigenvalue weighted by Gasteiger charge is 2.36. The number of hydrogen-bond donors (Lipinski definition) is 0. The fourth-order valence-electron chi connectivity index (χ4n) is 2.04. The van der Waals surface area contributed by atoms with Gasteiger partial charge in [-0.25, -0.2) is 0 Å². The van der Waals surface area contributed by atoms with Crippen LogP contribution in [-0.4, -0.2) is 18.7 Å². The summed E-state index contributed by atoms with van der Waals surface area (Å²) in [6.45, 7) is 2.77. The van der Waals surface area contributed by atoms with Gasteiger partial charge >= 0.3 is 5.97 Å². The lowest BCUT2D eigenvalue weighted by molar-refractivity contribution is -0.157. The van der Waals surface area contributed by atoms with Gasteiger partial charge in [-0.2, -0.15) is 5.26 Å². The van der Waals surface area contributed by atoms with E-state index in [0.29, 0.717) is 18.8 Å². The third-order valence-corrected chi connectivity index (χ3v) is 3.28. The molecule has 1 fully saturated rings. The highest BCUT2D eigenvalue weighted by molar-refractivity contribution is 5.73. The van der Waals surface area contributed by atoms with E-state index in [1.54, 1.807) is 12.1 Å². The SMILES string of the molecule is CCOC(=O)[C@H]1C[C@@H](OCc2ccc(C#N)cc2)C1. The standard InChI is InChI=1S/C15H17NO3/c1-2-18-15(17)13-7-14(8-13)19-10-12-5-3-11(9-16)4-6-12/h3-6,13-14H,2,7-8,10H2,1H3/t13-,14+. The lowest BCUT2D eigenvalue weighted by atomic mass is 9.82. The van der Waals surface area contributed by atoms with Crippen LogP contribution in [-0.2, 0) is 20.9 Å². The van der Waals surface area contributed by atoms with Crippen molar-refractivity contribution in [2.75, 3.05) is 6.61 Å². The van der Waals surface area contributed by atoms with Gasteiger partial charge in [0.05, 0.1) is 36.9 Å². The first-order valence-electron chi connectivity index (χ1n) is 6.50. The molecular formula is C15H17NO3. The minimum atomic E-state index is -0.110. The largest absolute Gasteiger partial charge is 0.466 e. The van der Waals surface area contributed by atoms with E-state index in [4.69, 9.17) is 14.7 Å². The summed E-state index contributed by atoms with van der Waals surface area (Å²) in [4.78, 5) is 11.4. The molecule has 19 heavy (non-hydrogen) atoms. The highest BCUT2D eigenvalue weighted by Crippen LogP contribution is 2.31. The third-order valence-electron chi connectivity index (χ3n) is 3.28. The van der Waals surface area contributed by atoms with Crippen LogP contribution in [0.25, 0.3) is 0 Å². The summed E-state index contributed by atoms with van der Waals surface area (Å²) in [5.41, 5.74) is 1.69. The second-order valence-corrected chi connectivity index (χ2v) is 4.66. The molecule has 1 aliphatic rings. The van der Waals surface area contributed by atoms with Gasteiger partial charge in [0.2, 0.25) is 0 Å². The van der Waals surface area contributed by atoms with E-state index < -0.39 is 0 Å². The Kier molecular flexibility index (Phi) is 4.53. The van der Waals surface area contributed by atoms with Crippen LogP contribution in [0.15, 0.2) is 24.3 Å². The van der Waals surface area contributed by atoms with Crippen molar-refractivity contribution in [3.05, 3.63) is 35.4 Å². The number of rotatable bonds is 5. The lowest BCUT2D eigenvalue weighted by Crippen LogP contribution is -2.37. The molecule has 0 spiro atoms. The molecule has 0 amide bonds. The molecular weight excluding hydrogens is 242 g/mol. The lowest BCUT2D eigenvalue weighted by Gasteiger charge is -2.33. The minimum Gasteiger partial charge on any atom is -0.466 e. The monoisotopic (exact) mass is 259 g/mol. The number of carbonyl (C=O) groups excluding carboxylic acids is 1. The molecule has 0 saturated heterocycles. The molecule has 0 atom stereocenters. The number of carbonyl (C=O) groups is 1. The molecule has 1 aliphatic carbocycles. The molecule has 4 nitrogen and oxygen atoms in total. The normalized spacial score (nSPS) is 21.3. The number of nitrogens with zero attached hydrogens (tertiary/aromatic N) is 1. The van der Waals surface area contributed by atoms with Crippen LogP contribution in [0, 0.1) is 17.2 Å². The van der Waals surface area contributed by atoms with Gasteiger partial charge in [-0.1, -0.05) is 12.1 Å². The van der Waals surface area contributed by atoms with Crippen LogP contribution in [0.1, 0.15) is 30.9 Å². The maximum Gasteiger partial charge on any atom is 0.309 e. The number of ether oxygens (including phenoxy) is 2. The predicted octanol–water partition coefficient (Wildman–Crippen LogP) is 2.42. The molecule has 0 heterocycles. The van der Waals surface area contributed by atoms with E-state index in [9.17, 15) is 4.79 Å². The van der Waals surface area contributed by atoms with Gasteiger partial charge in [0, 0.05) is 0 Å². The van der Waals surface area contributed by atoms with Gasteiger partial charge in [-0.3, -0.25) is 4.79 Å². The van der Waals surface area contributed by atoms with Crippen LogP contribution in [0.2, 0.25) is 0 Å². The van der Waals surface area contributed by atoms with Crippen molar-refractivity contribution < 1.29 is 14.3 Å². The molecule has 0 unspecified atom stereocenters. The summed E-state index contributed by atoms with van der Waals surface area (Å²) in [5.74, 6) is -0.105. The molecule has 4 heteroatoms. The Morgan fingerprint density at radius 1 is 1.37 bits per heavy atom. The number of benzene rings is 1. The molecule has 1 saturated carbocycles. The zero-order valence-electron chi connectivity index (χ0n) is 11.0. The summed E-state index contributed by atoms with van der Waals surface area (Å²) < 4.78 is 10.7. The average molecular weight is 259 g/mol. The summed E-state index contributed by atoms with van der Waals surface area (Å²) in [6.07, 6.45) is 1.63. The second-order valence-electron chi connectivity index (χ2n) is 4.66. The van der Waals surface area contributed by atoms with Crippen LogP contribution in [0.4, 0.5) is 0 Å². The van der Waals surface area contributed by atoms with Gasteiger partial charge in [0.1, 0.15) is 0 Å². The van der Waals surface area contributed by atoms with E-state index in [-0.39, 0.29) is 18.0 Å². The van der Waals surface area contributed by atoms with Crippen molar-refractivity contribution in [1.29, 1.82) is 5.26 Å². The Morgan fingerprint density at radius 2 is 2.05 bits per heavy atom. The van der Waals surface area contributed by atoms with E-state index >= 15 is 0 Å². The van der Waals surface area contributed by atoms with Crippen molar-refractivity contribution in [1.82, 2.24) is 0 Å². The van der Waals surface area contributed by atoms with Gasteiger partial charge in [-0.05, 0) is 37.5 Å². The van der Waals surface area contributed by atoms with Crippen LogP contribution in [0.3, 0.4) is 0 Å². The Morgan fingerprint density at radius 3 is 2.63 bits per heavy atom. The Labute approximate surface area is 112 Å². The molecule has 0 N–H and O–H groups in total. The van der Waals surface area contributed by atoms with Crippen LogP contribution >= 0.6 is 0 Å². The quantitative estimate of drug-likeness (QED) is 0.762. The molecule has 0 aliphatic heterocycles. The Balaban J connectivity index is 1.70. The second kappa shape index (κ2) is 6.35. The van der Waals surface area contributed by atoms with E-state index in [1.165, 1.54) is 0 Å². The zero-order valence-corrected chi connectivity index (χ0v) is 11.0. The first-order valence-corrected chi connectivity index (χ1v) is 6.50. The third kappa shape index (κ3) is 3.55. The summed E-state index contributed by atoms with van der Waals surface area (Å²) >= 11 is 0. The van der Waals surface area contributed by atoms with Gasteiger partial charge in [-0.15, -0.1) is 0 Å². The first-order chi connectivity index (χ1) is 9.22. The molecule has 0 bridgehead atoms. The van der Waals surface area contributed by atoms with E-state index in [2.05, 4.69) is 6.07 Å². The topological polar surface area (TPSA) is 59.3 Å². The van der Waals surface area contributed by atoms with Gasteiger partial charge < -0.3 is 9.47 Å². The highest BCUT2D eigenvalue weighted by atomic mass is 16.5. The first kappa shape index (κ1) is 13.6. The van der Waals surface area contributed by atoms with Gasteiger partial charge in [0.15, 0.2) is 0 Å². The summed E-state index contributed by atoms with van der Waals surface area (Å²) in [5, 5.41) is 8.69. The van der Waals surface area contributed by atoms with E-state index in [0.717, 1.165) is 18.4 Å². The fraction of sp³-hybridized carbons (Fsp3) is 0.467. The van der Waals surface area contributed by atoms with Crippen molar-refractivity contribution in [3.8, 4) is 6.07 Å². The number of nitriles is 1. The number of esters is 1. The predicted molar refractivity (Wildman–Crippen MR) is 69.1 cm³/mol. The average Bonchev–Trinajstić information content (AvgIpc) is 2.38. The maximum atomic E-state index is 11.4. The molecule has 2 rings (SSSR count). The van der Waals surface area contributed by atoms with Crippen molar-refractivity contribution >= 4 is 5.97 Å². The molecule has 100 valence electrons. The van der Waals surface area contributed by atoms with Crippen LogP contribution < -0.4 is 0 Å². The smallest absolute Gasteiger partial charge is 0.309 e. The number of hydrogen-bond acceptors (Lipinski definition) is 4. The zero-order chi connectivity index (χ0) is 13.7. The summed E-state index contributed by atoms with van der Waals surface area (Å²) in [6, 6.07) is 9.41. The fourth-order valence-corrected chi connectivity index (χ4v) is 2.04. The maximum absolute atomic E-state index is 11.4.